The van der Waals surface area contributed by atoms with Crippen molar-refractivity contribution < 1.29 is 4.79 Å². The van der Waals surface area contributed by atoms with Crippen molar-refractivity contribution in [2.45, 2.75) is 20.3 Å². The zero-order chi connectivity index (χ0) is 22.4. The molecule has 3 N–H and O–H groups in total. The lowest BCUT2D eigenvalue weighted by atomic mass is 10.1. The minimum absolute atomic E-state index is 0.0000277. The zero-order valence-electron chi connectivity index (χ0n) is 17.2. The second-order valence-corrected chi connectivity index (χ2v) is 8.13. The summed E-state index contributed by atoms with van der Waals surface area (Å²) in [4.78, 5) is 39.3. The van der Waals surface area contributed by atoms with Crippen molar-refractivity contribution in [1.82, 2.24) is 29.2 Å². The van der Waals surface area contributed by atoms with Gasteiger partial charge in [0.2, 0.25) is 11.9 Å². The van der Waals surface area contributed by atoms with Crippen LogP contribution in [0.3, 0.4) is 0 Å². The summed E-state index contributed by atoms with van der Waals surface area (Å²) in [6, 6.07) is 9.60. The van der Waals surface area contributed by atoms with Gasteiger partial charge in [-0.1, -0.05) is 30.3 Å². The molecule has 10 nitrogen and oxygen atoms in total. The first kappa shape index (κ1) is 19.8. The number of anilines is 1. The summed E-state index contributed by atoms with van der Waals surface area (Å²) in [7, 11) is 0. The Morgan fingerprint density at radius 3 is 2.75 bits per heavy atom. The molecule has 0 saturated heterocycles. The number of nitrogens with two attached hydrogens (primary N) is 1. The van der Waals surface area contributed by atoms with Gasteiger partial charge >= 0.3 is 0 Å². The monoisotopic (exact) mass is 446 g/mol. The summed E-state index contributed by atoms with van der Waals surface area (Å²) in [6.45, 7) is 3.60. The fourth-order valence-electron chi connectivity index (χ4n) is 3.66. The average molecular weight is 446 g/mol. The molecule has 0 saturated carbocycles. The molecule has 0 aliphatic carbocycles. The Bertz CT molecular complexity index is 1550. The van der Waals surface area contributed by atoms with Gasteiger partial charge in [0.25, 0.3) is 11.3 Å². The molecule has 0 spiro atoms. The number of amides is 1. The Morgan fingerprint density at radius 2 is 1.97 bits per heavy atom. The molecular weight excluding hydrogens is 428 g/mol. The molecule has 5 aromatic rings. The van der Waals surface area contributed by atoms with E-state index in [0.717, 1.165) is 15.8 Å². The summed E-state index contributed by atoms with van der Waals surface area (Å²) >= 11 is 1.39. The Hall–Kier alpha value is -4.12. The van der Waals surface area contributed by atoms with E-state index in [1.165, 1.54) is 22.2 Å². The van der Waals surface area contributed by atoms with Crippen LogP contribution in [0.5, 0.6) is 0 Å². The second kappa shape index (κ2) is 7.54. The van der Waals surface area contributed by atoms with Crippen LogP contribution in [0.2, 0.25) is 0 Å². The molecule has 1 aromatic carbocycles. The smallest absolute Gasteiger partial charge is 0.281 e. The normalized spacial score (nSPS) is 11.3. The number of fused-ring (bicyclic) bond motifs is 2. The molecule has 0 aliphatic heterocycles. The van der Waals surface area contributed by atoms with Crippen molar-refractivity contribution in [3.8, 4) is 11.1 Å². The third-order valence-electron chi connectivity index (χ3n) is 5.23. The van der Waals surface area contributed by atoms with Crippen LogP contribution in [0.4, 0.5) is 5.95 Å². The predicted molar refractivity (Wildman–Crippen MR) is 122 cm³/mol. The number of nitrogens with zero attached hydrogens (tertiary/aromatic N) is 6. The molecule has 0 unspecified atom stereocenters. The van der Waals surface area contributed by atoms with Crippen LogP contribution >= 0.6 is 11.3 Å². The largest absolute Gasteiger partial charge is 0.366 e. The summed E-state index contributed by atoms with van der Waals surface area (Å²) in [5.41, 5.74) is 11.7. The molecular formula is C21H18N8O2S. The van der Waals surface area contributed by atoms with E-state index in [-0.39, 0.29) is 23.8 Å². The van der Waals surface area contributed by atoms with Gasteiger partial charge in [-0.25, -0.2) is 14.6 Å². The number of thiophene rings is 1. The van der Waals surface area contributed by atoms with Crippen LogP contribution in [0, 0.1) is 13.8 Å². The summed E-state index contributed by atoms with van der Waals surface area (Å²) in [5, 5.41) is 6.48. The topological polar surface area (TPSA) is 133 Å². The fourth-order valence-corrected chi connectivity index (χ4v) is 4.56. The summed E-state index contributed by atoms with van der Waals surface area (Å²) in [5.74, 6) is 0.0983. The number of aromatic nitrogens is 6. The minimum Gasteiger partial charge on any atom is -0.366 e. The van der Waals surface area contributed by atoms with Gasteiger partial charge in [-0.3, -0.25) is 15.0 Å². The molecule has 4 heterocycles. The lowest BCUT2D eigenvalue weighted by molar-refractivity contribution is -0.116. The summed E-state index contributed by atoms with van der Waals surface area (Å²) < 4.78 is 2.62. The van der Waals surface area contributed by atoms with E-state index < -0.39 is 0 Å². The number of carbonyl (C=O) groups is 1. The van der Waals surface area contributed by atoms with E-state index in [4.69, 9.17) is 5.73 Å². The Balaban J connectivity index is 1.48. The Labute approximate surface area is 185 Å². The quantitative estimate of drug-likeness (QED) is 0.432. The third-order valence-corrected chi connectivity index (χ3v) is 6.11. The fraction of sp³-hybridized carbons (Fsp3) is 0.143. The first-order valence-corrected chi connectivity index (χ1v) is 10.6. The lowest BCUT2D eigenvalue weighted by Gasteiger charge is -2.12. The molecule has 0 aliphatic rings. The summed E-state index contributed by atoms with van der Waals surface area (Å²) in [6.07, 6.45) is 1.33. The maximum Gasteiger partial charge on any atom is 0.281 e. The van der Waals surface area contributed by atoms with Crippen LogP contribution in [-0.2, 0) is 11.2 Å². The van der Waals surface area contributed by atoms with Gasteiger partial charge in [0.1, 0.15) is 11.2 Å². The van der Waals surface area contributed by atoms with Crippen LogP contribution < -0.4 is 16.7 Å². The van der Waals surface area contributed by atoms with Gasteiger partial charge in [0.15, 0.2) is 0 Å². The molecule has 160 valence electrons. The highest BCUT2D eigenvalue weighted by atomic mass is 32.1. The van der Waals surface area contributed by atoms with E-state index in [1.54, 1.807) is 6.92 Å². The molecule has 1 amide bonds. The minimum atomic E-state index is -0.384. The van der Waals surface area contributed by atoms with Crippen LogP contribution in [0.15, 0.2) is 46.8 Å². The van der Waals surface area contributed by atoms with Crippen molar-refractivity contribution >= 4 is 39.2 Å². The predicted octanol–water partition coefficient (Wildman–Crippen LogP) is 2.07. The van der Waals surface area contributed by atoms with Crippen molar-refractivity contribution in [3.63, 3.8) is 0 Å². The highest BCUT2D eigenvalue weighted by Crippen LogP contribution is 2.30. The SMILES string of the molecule is Cc1nc2nc(N)nn2c(C)c1CC(=O)Nn1cnc2scc(-c3ccccc3)c2c1=O. The molecule has 5 rings (SSSR count). The first-order chi connectivity index (χ1) is 15.4. The van der Waals surface area contributed by atoms with E-state index in [1.807, 2.05) is 42.6 Å². The molecule has 4 aromatic heterocycles. The van der Waals surface area contributed by atoms with E-state index in [9.17, 15) is 9.59 Å². The van der Waals surface area contributed by atoms with Gasteiger partial charge in [0, 0.05) is 27.9 Å². The number of aryl methyl sites for hydroxylation is 2. The zero-order valence-corrected chi connectivity index (χ0v) is 18.1. The Kier molecular flexibility index (Phi) is 4.67. The van der Waals surface area contributed by atoms with Gasteiger partial charge in [0.05, 0.1) is 11.8 Å². The standard InChI is InChI=1S/C21H18N8O2S/c1-11-14(12(2)29-21(24-11)25-20(22)27-29)8-16(30)26-28-10-23-18-17(19(28)31)15(9-32-18)13-6-4-3-5-7-13/h3-7,9-10H,8H2,1-2H3,(H2,22,27)(H,26,30). The highest BCUT2D eigenvalue weighted by molar-refractivity contribution is 7.17. The number of benzene rings is 1. The number of nitrogen functional groups attached to an aromatic ring is 1. The van der Waals surface area contributed by atoms with Crippen molar-refractivity contribution in [2.75, 3.05) is 11.2 Å². The Morgan fingerprint density at radius 1 is 1.19 bits per heavy atom. The van der Waals surface area contributed by atoms with Crippen molar-refractivity contribution in [3.05, 3.63) is 69.3 Å². The second-order valence-electron chi connectivity index (χ2n) is 7.27. The van der Waals surface area contributed by atoms with Gasteiger partial charge in [-0.05, 0) is 19.4 Å². The number of carbonyl (C=O) groups excluding carboxylic acids is 1. The first-order valence-electron chi connectivity index (χ1n) is 9.75. The maximum absolute atomic E-state index is 13.1. The number of hydrogen-bond acceptors (Lipinski definition) is 8. The number of rotatable bonds is 4. The van der Waals surface area contributed by atoms with E-state index in [2.05, 4.69) is 25.5 Å². The molecule has 0 bridgehead atoms. The van der Waals surface area contributed by atoms with E-state index >= 15 is 0 Å². The van der Waals surface area contributed by atoms with Gasteiger partial charge in [-0.15, -0.1) is 16.4 Å². The maximum atomic E-state index is 13.1. The molecule has 0 fully saturated rings. The molecule has 0 radical (unpaired) electrons. The van der Waals surface area contributed by atoms with Crippen molar-refractivity contribution in [1.29, 1.82) is 0 Å². The van der Waals surface area contributed by atoms with Crippen LogP contribution in [0.1, 0.15) is 17.0 Å². The molecule has 11 heteroatoms. The average Bonchev–Trinajstić information content (AvgIpc) is 3.37. The van der Waals surface area contributed by atoms with Gasteiger partial charge in [-0.2, -0.15) is 9.50 Å². The number of hydrogen-bond donors (Lipinski definition) is 2. The third kappa shape index (κ3) is 3.28. The van der Waals surface area contributed by atoms with Crippen molar-refractivity contribution in [2.24, 2.45) is 0 Å². The molecule has 32 heavy (non-hydrogen) atoms. The van der Waals surface area contributed by atoms with Crippen LogP contribution in [-0.4, -0.2) is 35.1 Å². The highest BCUT2D eigenvalue weighted by Gasteiger charge is 2.18. The molecule has 0 atom stereocenters. The van der Waals surface area contributed by atoms with E-state index in [0.29, 0.717) is 32.9 Å². The van der Waals surface area contributed by atoms with Gasteiger partial charge < -0.3 is 5.73 Å². The van der Waals surface area contributed by atoms with Crippen LogP contribution in [0.25, 0.3) is 27.1 Å². The number of nitrogens with one attached hydrogen (secondary N) is 1. The lowest BCUT2D eigenvalue weighted by Crippen LogP contribution is -2.34.